The molecule has 15 heteroatoms. The van der Waals surface area contributed by atoms with E-state index in [0.29, 0.717) is 13.0 Å². The molecule has 5 heterocycles. The van der Waals surface area contributed by atoms with Gasteiger partial charge in [-0.2, -0.15) is 28.4 Å². The molecule has 0 radical (unpaired) electrons. The minimum absolute atomic E-state index is 0.0386. The number of hydrogen-bond donors (Lipinski definition) is 0. The lowest BCUT2D eigenvalue weighted by molar-refractivity contribution is -0.137. The van der Waals surface area contributed by atoms with Gasteiger partial charge < -0.3 is 14.5 Å². The van der Waals surface area contributed by atoms with E-state index in [2.05, 4.69) is 21.0 Å². The van der Waals surface area contributed by atoms with Gasteiger partial charge in [-0.15, -0.1) is 0 Å². The van der Waals surface area contributed by atoms with Gasteiger partial charge >= 0.3 is 12.2 Å². The van der Waals surface area contributed by atoms with Crippen molar-refractivity contribution < 1.29 is 31.5 Å². The number of piperazine rings is 1. The van der Waals surface area contributed by atoms with Gasteiger partial charge in [-0.05, 0) is 25.5 Å². The topological polar surface area (TPSA) is 98.5 Å². The smallest absolute Gasteiger partial charge is 0.418 e. The van der Waals surface area contributed by atoms with Crippen molar-refractivity contribution in [3.63, 3.8) is 0 Å². The average molecular weight is 650 g/mol. The fourth-order valence-corrected chi connectivity index (χ4v) is 7.20. The quantitative estimate of drug-likeness (QED) is 0.327. The number of rotatable bonds is 6. The Morgan fingerprint density at radius 1 is 1.22 bits per heavy atom. The van der Waals surface area contributed by atoms with Crippen LogP contribution in [0.2, 0.25) is 5.02 Å². The molecule has 45 heavy (non-hydrogen) atoms. The lowest BCUT2D eigenvalue weighted by Crippen LogP contribution is -2.55. The van der Waals surface area contributed by atoms with E-state index >= 15 is 4.39 Å². The lowest BCUT2D eigenvalue weighted by atomic mass is 9.95. The van der Waals surface area contributed by atoms with E-state index < -0.39 is 51.6 Å². The summed E-state index contributed by atoms with van der Waals surface area (Å²) in [7, 11) is 0. The number of nitrogens with zero attached hydrogens (tertiary/aromatic N) is 7. The Balaban J connectivity index is 1.46. The SMILES string of the molecule is CC(=O)N1CCN(c2nc(OC[C@@]34CCCN3C[C@H](F)C4)nc3c(F)c(-c4cccc(Cl)c4C(F)(F)F)ncc23)C[C@@H]1CC#N. The summed E-state index contributed by atoms with van der Waals surface area (Å²) >= 11 is 5.91. The molecule has 1 amide bonds. The third kappa shape index (κ3) is 5.72. The molecule has 0 N–H and O–H groups in total. The Morgan fingerprint density at radius 3 is 2.76 bits per heavy atom. The van der Waals surface area contributed by atoms with Gasteiger partial charge in [0.05, 0.1) is 40.0 Å². The normalized spacial score (nSPS) is 23.8. The molecule has 0 aliphatic carbocycles. The van der Waals surface area contributed by atoms with E-state index in [1.807, 2.05) is 4.90 Å². The predicted octanol–water partition coefficient (Wildman–Crippen LogP) is 5.41. The number of hydrogen-bond acceptors (Lipinski definition) is 8. The van der Waals surface area contributed by atoms with Crippen LogP contribution in [0.1, 0.15) is 38.2 Å². The fourth-order valence-electron chi connectivity index (χ4n) is 6.91. The Labute approximate surface area is 260 Å². The van der Waals surface area contributed by atoms with Crippen molar-refractivity contribution in [2.24, 2.45) is 0 Å². The first-order valence-electron chi connectivity index (χ1n) is 14.5. The molecule has 3 fully saturated rings. The average Bonchev–Trinajstić information content (AvgIpc) is 3.51. The van der Waals surface area contributed by atoms with Crippen molar-refractivity contribution in [3.05, 3.63) is 40.8 Å². The second-order valence-corrected chi connectivity index (χ2v) is 12.1. The number of halogens is 6. The summed E-state index contributed by atoms with van der Waals surface area (Å²) < 4.78 is 78.8. The highest BCUT2D eigenvalue weighted by Crippen LogP contribution is 2.43. The Morgan fingerprint density at radius 2 is 2.02 bits per heavy atom. The molecule has 3 aliphatic rings. The summed E-state index contributed by atoms with van der Waals surface area (Å²) in [5, 5.41) is 8.90. The third-order valence-corrected chi connectivity index (χ3v) is 9.26. The van der Waals surface area contributed by atoms with Crippen LogP contribution < -0.4 is 9.64 Å². The van der Waals surface area contributed by atoms with Gasteiger partial charge in [0.2, 0.25) is 5.91 Å². The molecule has 3 aliphatic heterocycles. The van der Waals surface area contributed by atoms with E-state index in [0.717, 1.165) is 25.1 Å². The molecular formula is C30H29ClF5N7O2. The van der Waals surface area contributed by atoms with Crippen molar-refractivity contribution in [1.82, 2.24) is 24.8 Å². The Hall–Kier alpha value is -3.83. The summed E-state index contributed by atoms with van der Waals surface area (Å²) in [6.45, 7) is 3.16. The Kier molecular flexibility index (Phi) is 8.19. The number of carbonyl (C=O) groups excluding carboxylic acids is 1. The number of fused-ring (bicyclic) bond motifs is 2. The molecule has 238 valence electrons. The van der Waals surface area contributed by atoms with Crippen LogP contribution in [-0.2, 0) is 11.0 Å². The highest BCUT2D eigenvalue weighted by atomic mass is 35.5. The number of benzene rings is 1. The summed E-state index contributed by atoms with van der Waals surface area (Å²) in [5.41, 5.74) is -3.28. The van der Waals surface area contributed by atoms with Crippen molar-refractivity contribution in [3.8, 4) is 23.3 Å². The third-order valence-electron chi connectivity index (χ3n) is 8.94. The van der Waals surface area contributed by atoms with Crippen molar-refractivity contribution in [1.29, 1.82) is 5.26 Å². The van der Waals surface area contributed by atoms with E-state index in [1.165, 1.54) is 19.2 Å². The van der Waals surface area contributed by atoms with Crippen LogP contribution in [-0.4, -0.2) is 87.7 Å². The molecule has 0 spiro atoms. The molecule has 9 nitrogen and oxygen atoms in total. The second-order valence-electron chi connectivity index (χ2n) is 11.7. The molecule has 0 unspecified atom stereocenters. The molecule has 1 aromatic carbocycles. The number of nitriles is 1. The zero-order chi connectivity index (χ0) is 32.1. The molecule has 3 saturated heterocycles. The number of ether oxygens (including phenoxy) is 1. The second kappa shape index (κ2) is 11.8. The minimum atomic E-state index is -4.89. The number of alkyl halides is 4. The largest absolute Gasteiger partial charge is 0.461 e. The van der Waals surface area contributed by atoms with Gasteiger partial charge in [0.25, 0.3) is 0 Å². The van der Waals surface area contributed by atoms with Crippen molar-refractivity contribution >= 4 is 34.2 Å². The van der Waals surface area contributed by atoms with Crippen LogP contribution in [0, 0.1) is 17.1 Å². The standard InChI is InChI=1S/C30H29ClF5N7O2/c1-17(44)43-11-10-41(15-19(43)6-8-37)27-21-13-38-25(20-4-2-5-22(31)23(20)30(34,35)36)24(33)26(21)39-28(40-27)45-16-29-7-3-9-42(29)14-18(32)12-29/h2,4-5,13,18-19H,3,6-7,9-12,14-16H2,1H3/t18-,19+,29+/m1/s1. The molecule has 2 aromatic heterocycles. The van der Waals surface area contributed by atoms with Gasteiger partial charge in [0, 0.05) is 51.3 Å². The van der Waals surface area contributed by atoms with Crippen LogP contribution in [0.15, 0.2) is 24.4 Å². The molecule has 3 atom stereocenters. The van der Waals surface area contributed by atoms with Crippen molar-refractivity contribution in [2.75, 3.05) is 44.2 Å². The number of anilines is 1. The highest BCUT2D eigenvalue weighted by molar-refractivity contribution is 6.31. The highest BCUT2D eigenvalue weighted by Gasteiger charge is 2.49. The van der Waals surface area contributed by atoms with Crippen LogP contribution in [0.4, 0.5) is 27.8 Å². The van der Waals surface area contributed by atoms with Gasteiger partial charge in [-0.3, -0.25) is 14.7 Å². The number of amides is 1. The van der Waals surface area contributed by atoms with Crippen molar-refractivity contribution in [2.45, 2.75) is 56.5 Å². The van der Waals surface area contributed by atoms with Crippen LogP contribution in [0.5, 0.6) is 6.01 Å². The first kappa shape index (κ1) is 31.2. The summed E-state index contributed by atoms with van der Waals surface area (Å²) in [4.78, 5) is 30.6. The maximum absolute atomic E-state index is 16.4. The van der Waals surface area contributed by atoms with Crippen LogP contribution in [0.25, 0.3) is 22.2 Å². The maximum atomic E-state index is 16.4. The summed E-state index contributed by atoms with van der Waals surface area (Å²) in [6, 6.07) is 4.79. The Bertz CT molecular complexity index is 1690. The van der Waals surface area contributed by atoms with E-state index in [4.69, 9.17) is 16.3 Å². The zero-order valence-electron chi connectivity index (χ0n) is 24.2. The van der Waals surface area contributed by atoms with Gasteiger partial charge in [-0.25, -0.2) is 8.78 Å². The number of pyridine rings is 1. The predicted molar refractivity (Wildman–Crippen MR) is 155 cm³/mol. The molecule has 0 bridgehead atoms. The molecule has 6 rings (SSSR count). The fraction of sp³-hybridized carbons (Fsp3) is 0.500. The van der Waals surface area contributed by atoms with Gasteiger partial charge in [0.1, 0.15) is 29.8 Å². The minimum Gasteiger partial charge on any atom is -0.461 e. The van der Waals surface area contributed by atoms with Crippen LogP contribution in [0.3, 0.4) is 0 Å². The van der Waals surface area contributed by atoms with Gasteiger partial charge in [0.15, 0.2) is 5.82 Å². The summed E-state index contributed by atoms with van der Waals surface area (Å²) in [6.07, 6.45) is -2.82. The van der Waals surface area contributed by atoms with Gasteiger partial charge in [-0.1, -0.05) is 23.7 Å². The maximum Gasteiger partial charge on any atom is 0.418 e. The molecule has 0 saturated carbocycles. The lowest BCUT2D eigenvalue weighted by Gasteiger charge is -2.41. The number of carbonyl (C=O) groups is 1. The molecule has 3 aromatic rings. The van der Waals surface area contributed by atoms with E-state index in [1.54, 1.807) is 9.80 Å². The monoisotopic (exact) mass is 649 g/mol. The zero-order valence-corrected chi connectivity index (χ0v) is 25.0. The summed E-state index contributed by atoms with van der Waals surface area (Å²) in [5.74, 6) is -1.14. The molecular weight excluding hydrogens is 621 g/mol. The van der Waals surface area contributed by atoms with E-state index in [-0.39, 0.29) is 67.7 Å². The first-order valence-corrected chi connectivity index (χ1v) is 14.9. The van der Waals surface area contributed by atoms with E-state index in [9.17, 15) is 27.6 Å². The number of aromatic nitrogens is 3. The van der Waals surface area contributed by atoms with Crippen LogP contribution >= 0.6 is 11.6 Å². The first-order chi connectivity index (χ1) is 21.4.